The number of pyridine rings is 1. The highest BCUT2D eigenvalue weighted by Crippen LogP contribution is 2.16. The van der Waals surface area contributed by atoms with Gasteiger partial charge in [-0.3, -0.25) is 9.59 Å². The molecule has 0 bridgehead atoms. The predicted molar refractivity (Wildman–Crippen MR) is 108 cm³/mol. The highest BCUT2D eigenvalue weighted by atomic mass is 35.5. The van der Waals surface area contributed by atoms with Gasteiger partial charge in [0.1, 0.15) is 17.8 Å². The number of aldehydes is 1. The van der Waals surface area contributed by atoms with E-state index in [1.54, 1.807) is 26.4 Å². The molecule has 0 unspecified atom stereocenters. The van der Waals surface area contributed by atoms with E-state index >= 15 is 0 Å². The topological polar surface area (TPSA) is 86.7 Å². The molecule has 1 amide bonds. The molecule has 0 spiro atoms. The van der Waals surface area contributed by atoms with Crippen molar-refractivity contribution >= 4 is 41.0 Å². The number of rotatable bonds is 8. The molecule has 0 fully saturated rings. The lowest BCUT2D eigenvalue weighted by Gasteiger charge is -2.09. The van der Waals surface area contributed by atoms with Crippen LogP contribution in [0.3, 0.4) is 0 Å². The number of anilines is 2. The fourth-order valence-electron chi connectivity index (χ4n) is 2.09. The largest absolute Gasteiger partial charge is 0.381 e. The molecular formula is C19H20ClN5O2. The number of carbonyl (C=O) groups is 2. The first kappa shape index (κ1) is 20.1. The van der Waals surface area contributed by atoms with Gasteiger partial charge in [-0.25, -0.2) is 4.98 Å². The van der Waals surface area contributed by atoms with E-state index in [9.17, 15) is 9.59 Å². The number of halogens is 1. The van der Waals surface area contributed by atoms with Gasteiger partial charge < -0.3 is 15.6 Å². The third kappa shape index (κ3) is 6.91. The zero-order valence-electron chi connectivity index (χ0n) is 15.0. The Kier molecular flexibility index (Phi) is 7.51. The van der Waals surface area contributed by atoms with Crippen molar-refractivity contribution in [2.24, 2.45) is 5.10 Å². The van der Waals surface area contributed by atoms with Crippen molar-refractivity contribution < 1.29 is 9.59 Å². The number of hydrogen-bond acceptors (Lipinski definition) is 6. The molecule has 0 aliphatic heterocycles. The lowest BCUT2D eigenvalue weighted by atomic mass is 10.2. The van der Waals surface area contributed by atoms with Crippen LogP contribution >= 0.6 is 11.6 Å². The van der Waals surface area contributed by atoms with Crippen LogP contribution in [0.1, 0.15) is 5.56 Å². The molecule has 8 heteroatoms. The summed E-state index contributed by atoms with van der Waals surface area (Å²) in [5.41, 5.74) is 1.95. The molecule has 2 N–H and O–H groups in total. The molecule has 0 aliphatic carbocycles. The van der Waals surface area contributed by atoms with Crippen molar-refractivity contribution in [1.29, 1.82) is 0 Å². The van der Waals surface area contributed by atoms with Gasteiger partial charge in [-0.15, -0.1) is 0 Å². The Balaban J connectivity index is 1.98. The molecule has 0 radical (unpaired) electrons. The Morgan fingerprint density at radius 3 is 2.74 bits per heavy atom. The third-order valence-corrected chi connectivity index (χ3v) is 3.50. The van der Waals surface area contributed by atoms with E-state index in [-0.39, 0.29) is 5.71 Å². The van der Waals surface area contributed by atoms with Crippen LogP contribution in [-0.2, 0) is 16.1 Å². The normalized spacial score (nSPS) is 11.3. The van der Waals surface area contributed by atoms with Gasteiger partial charge >= 0.3 is 0 Å². The Bertz CT molecular complexity index is 847. The summed E-state index contributed by atoms with van der Waals surface area (Å²) in [5.74, 6) is -0.0726. The van der Waals surface area contributed by atoms with Crippen molar-refractivity contribution in [1.82, 2.24) is 9.99 Å². The van der Waals surface area contributed by atoms with Crippen LogP contribution in [0, 0.1) is 0 Å². The molecule has 7 nitrogen and oxygen atoms in total. The average Bonchev–Trinajstić information content (AvgIpc) is 2.64. The van der Waals surface area contributed by atoms with E-state index < -0.39 is 5.91 Å². The maximum Gasteiger partial charge on any atom is 0.277 e. The van der Waals surface area contributed by atoms with Crippen LogP contribution < -0.4 is 10.6 Å². The summed E-state index contributed by atoms with van der Waals surface area (Å²) >= 11 is 5.96. The minimum atomic E-state index is -0.459. The average molecular weight is 386 g/mol. The number of allylic oxidation sites excluding steroid dienone is 1. The van der Waals surface area contributed by atoms with Crippen LogP contribution in [0.25, 0.3) is 0 Å². The van der Waals surface area contributed by atoms with E-state index in [4.69, 9.17) is 11.6 Å². The molecule has 27 heavy (non-hydrogen) atoms. The minimum Gasteiger partial charge on any atom is -0.381 e. The zero-order valence-corrected chi connectivity index (χ0v) is 15.8. The molecule has 1 heterocycles. The van der Waals surface area contributed by atoms with E-state index in [0.29, 0.717) is 23.7 Å². The van der Waals surface area contributed by atoms with Crippen molar-refractivity contribution in [2.75, 3.05) is 24.7 Å². The standard InChI is InChI=1S/C19H20ClN5O2/c1-25(2)24-17(7-4-10-26)19(27)23-18-9-8-14(13-22-18)12-21-16-6-3-5-15(20)11-16/h3-11,13,21H,12H2,1-2H3,(H,22,23,27)/b7-4-,24-17+. The quantitative estimate of drug-likeness (QED) is 0.316. The van der Waals surface area contributed by atoms with Crippen molar-refractivity contribution in [2.45, 2.75) is 6.54 Å². The molecule has 1 aromatic carbocycles. The SMILES string of the molecule is CN(C)/N=C(\C=C/C=O)C(=O)Nc1ccc(CNc2cccc(Cl)c2)cn1. The first-order valence-electron chi connectivity index (χ1n) is 8.11. The van der Waals surface area contributed by atoms with Gasteiger partial charge in [0.25, 0.3) is 5.91 Å². The van der Waals surface area contributed by atoms with Gasteiger partial charge in [-0.2, -0.15) is 5.10 Å². The fraction of sp³-hybridized carbons (Fsp3) is 0.158. The molecule has 0 saturated carbocycles. The lowest BCUT2D eigenvalue weighted by molar-refractivity contribution is -0.110. The number of nitrogens with zero attached hydrogens (tertiary/aromatic N) is 3. The number of carbonyl (C=O) groups excluding carboxylic acids is 2. The molecule has 1 aromatic heterocycles. The van der Waals surface area contributed by atoms with Crippen LogP contribution in [0.15, 0.2) is 59.8 Å². The minimum absolute atomic E-state index is 0.0978. The van der Waals surface area contributed by atoms with Gasteiger partial charge in [0.05, 0.1) is 0 Å². The smallest absolute Gasteiger partial charge is 0.277 e. The van der Waals surface area contributed by atoms with E-state index in [2.05, 4.69) is 20.7 Å². The second-order valence-electron chi connectivity index (χ2n) is 5.70. The van der Waals surface area contributed by atoms with Crippen LogP contribution in [0.2, 0.25) is 5.02 Å². The number of benzene rings is 1. The Hall–Kier alpha value is -3.19. The third-order valence-electron chi connectivity index (χ3n) is 3.26. The van der Waals surface area contributed by atoms with Crippen LogP contribution in [0.4, 0.5) is 11.5 Å². The van der Waals surface area contributed by atoms with Gasteiger partial charge in [0, 0.05) is 37.5 Å². The summed E-state index contributed by atoms with van der Waals surface area (Å²) in [5, 5.41) is 12.1. The van der Waals surface area contributed by atoms with Gasteiger partial charge in [-0.1, -0.05) is 23.7 Å². The Morgan fingerprint density at radius 2 is 2.11 bits per heavy atom. The summed E-state index contributed by atoms with van der Waals surface area (Å²) in [6.45, 7) is 0.566. The monoisotopic (exact) mass is 385 g/mol. The van der Waals surface area contributed by atoms with E-state index in [1.165, 1.54) is 17.2 Å². The summed E-state index contributed by atoms with van der Waals surface area (Å²) in [6, 6.07) is 11.0. The molecule has 0 saturated heterocycles. The molecule has 2 rings (SSSR count). The number of amides is 1. The van der Waals surface area contributed by atoms with Crippen LogP contribution in [-0.4, -0.2) is 42.0 Å². The van der Waals surface area contributed by atoms with Gasteiger partial charge in [-0.05, 0) is 42.0 Å². The second-order valence-corrected chi connectivity index (χ2v) is 6.13. The predicted octanol–water partition coefficient (Wildman–Crippen LogP) is 2.96. The maximum atomic E-state index is 12.3. The lowest BCUT2D eigenvalue weighted by Crippen LogP contribution is -2.24. The number of nitrogens with one attached hydrogen (secondary N) is 2. The fourth-order valence-corrected chi connectivity index (χ4v) is 2.28. The van der Waals surface area contributed by atoms with Crippen LogP contribution in [0.5, 0.6) is 0 Å². The first-order valence-corrected chi connectivity index (χ1v) is 8.49. The van der Waals surface area contributed by atoms with E-state index in [1.807, 2.05) is 30.3 Å². The highest BCUT2D eigenvalue weighted by Gasteiger charge is 2.10. The number of aromatic nitrogens is 1. The van der Waals surface area contributed by atoms with E-state index in [0.717, 1.165) is 11.3 Å². The highest BCUT2D eigenvalue weighted by molar-refractivity contribution is 6.47. The summed E-state index contributed by atoms with van der Waals surface area (Å²) in [4.78, 5) is 27.0. The number of hydrogen-bond donors (Lipinski definition) is 2. The van der Waals surface area contributed by atoms with Gasteiger partial charge in [0.15, 0.2) is 0 Å². The molecule has 140 valence electrons. The van der Waals surface area contributed by atoms with Crippen molar-refractivity contribution in [3.63, 3.8) is 0 Å². The molecule has 0 atom stereocenters. The Morgan fingerprint density at radius 1 is 1.30 bits per heavy atom. The van der Waals surface area contributed by atoms with Gasteiger partial charge in [0.2, 0.25) is 0 Å². The Labute approximate surface area is 162 Å². The van der Waals surface area contributed by atoms with Crippen molar-refractivity contribution in [3.05, 3.63) is 65.3 Å². The summed E-state index contributed by atoms with van der Waals surface area (Å²) < 4.78 is 0. The summed E-state index contributed by atoms with van der Waals surface area (Å²) in [7, 11) is 3.37. The number of hydrazone groups is 1. The molecule has 2 aromatic rings. The molecule has 0 aliphatic rings. The van der Waals surface area contributed by atoms with Crippen molar-refractivity contribution in [3.8, 4) is 0 Å². The summed E-state index contributed by atoms with van der Waals surface area (Å²) in [6.07, 6.45) is 4.79. The molecular weight excluding hydrogens is 366 g/mol. The zero-order chi connectivity index (χ0) is 19.6. The first-order chi connectivity index (χ1) is 13.0. The second kappa shape index (κ2) is 10.1. The maximum absolute atomic E-state index is 12.3.